The topological polar surface area (TPSA) is 67.4 Å². The molecule has 0 unspecified atom stereocenters. The summed E-state index contributed by atoms with van der Waals surface area (Å²) in [5.74, 6) is -0.396. The normalized spacial score (nSPS) is 13.2. The molecule has 2 aromatic carbocycles. The second-order valence-corrected chi connectivity index (χ2v) is 5.77. The largest absolute Gasteiger partial charge is 0.462 e. The number of carbonyl (C=O) groups excluding carboxylic acids is 2. The van der Waals surface area contributed by atoms with Crippen LogP contribution in [0.2, 0.25) is 0 Å². The first-order chi connectivity index (χ1) is 11.7. The molecule has 0 saturated heterocycles. The monoisotopic (exact) mass is 324 g/mol. The summed E-state index contributed by atoms with van der Waals surface area (Å²) in [6, 6.07) is 14.8. The molecule has 1 aliphatic carbocycles. The Balaban J connectivity index is 1.58. The molecule has 0 heterocycles. The Bertz CT molecular complexity index is 733. The molecule has 1 aliphatic rings. The van der Waals surface area contributed by atoms with Gasteiger partial charge < -0.3 is 15.4 Å². The molecule has 2 N–H and O–H groups in total. The lowest BCUT2D eigenvalue weighted by Crippen LogP contribution is -2.38. The number of esters is 1. The highest BCUT2D eigenvalue weighted by atomic mass is 16.5. The van der Waals surface area contributed by atoms with Crippen LogP contribution in [0, 0.1) is 0 Å². The second kappa shape index (κ2) is 7.17. The van der Waals surface area contributed by atoms with Gasteiger partial charge in [0.05, 0.1) is 12.2 Å². The highest BCUT2D eigenvalue weighted by Crippen LogP contribution is 2.21. The molecule has 5 heteroatoms. The van der Waals surface area contributed by atoms with Crippen molar-refractivity contribution in [2.45, 2.75) is 25.8 Å². The number of carbonyl (C=O) groups is 2. The molecule has 24 heavy (non-hydrogen) atoms. The molecule has 0 spiro atoms. The Hall–Kier alpha value is -2.82. The van der Waals surface area contributed by atoms with E-state index < -0.39 is 5.97 Å². The van der Waals surface area contributed by atoms with Gasteiger partial charge in [-0.3, -0.25) is 0 Å². The second-order valence-electron chi connectivity index (χ2n) is 5.77. The summed E-state index contributed by atoms with van der Waals surface area (Å²) in [5.41, 5.74) is 3.55. The summed E-state index contributed by atoms with van der Waals surface area (Å²) in [4.78, 5) is 23.9. The highest BCUT2D eigenvalue weighted by molar-refractivity contribution is 5.94. The molecule has 0 bridgehead atoms. The zero-order chi connectivity index (χ0) is 16.9. The first kappa shape index (κ1) is 16.1. The van der Waals surface area contributed by atoms with Crippen molar-refractivity contribution >= 4 is 17.7 Å². The lowest BCUT2D eigenvalue weighted by atomic mass is 10.1. The van der Waals surface area contributed by atoms with Crippen LogP contribution in [0.4, 0.5) is 10.5 Å². The van der Waals surface area contributed by atoms with E-state index in [0.29, 0.717) is 17.9 Å². The van der Waals surface area contributed by atoms with Crippen LogP contribution in [0.25, 0.3) is 0 Å². The molecule has 0 saturated carbocycles. The molecule has 2 amide bonds. The number of anilines is 1. The molecule has 0 fully saturated rings. The van der Waals surface area contributed by atoms with Crippen molar-refractivity contribution in [3.8, 4) is 0 Å². The van der Waals surface area contributed by atoms with Gasteiger partial charge in [-0.15, -0.1) is 0 Å². The van der Waals surface area contributed by atoms with Gasteiger partial charge in [0.1, 0.15) is 0 Å². The molecular weight excluding hydrogens is 304 g/mol. The van der Waals surface area contributed by atoms with Crippen LogP contribution in [0.3, 0.4) is 0 Å². The summed E-state index contributed by atoms with van der Waals surface area (Å²) in [6.07, 6.45) is 1.68. The summed E-state index contributed by atoms with van der Waals surface area (Å²) >= 11 is 0. The van der Waals surface area contributed by atoms with E-state index in [-0.39, 0.29) is 12.1 Å². The van der Waals surface area contributed by atoms with E-state index in [1.54, 1.807) is 31.2 Å². The minimum absolute atomic E-state index is 0.0932. The lowest BCUT2D eigenvalue weighted by molar-refractivity contribution is 0.0526. The maximum Gasteiger partial charge on any atom is 0.338 e. The van der Waals surface area contributed by atoms with Gasteiger partial charge in [0.2, 0.25) is 0 Å². The Morgan fingerprint density at radius 2 is 1.79 bits per heavy atom. The van der Waals surface area contributed by atoms with Crippen molar-refractivity contribution in [1.82, 2.24) is 5.32 Å². The van der Waals surface area contributed by atoms with E-state index >= 15 is 0 Å². The van der Waals surface area contributed by atoms with Crippen molar-refractivity contribution in [1.29, 1.82) is 0 Å². The molecule has 0 radical (unpaired) electrons. The molecule has 3 rings (SSSR count). The first-order valence-electron chi connectivity index (χ1n) is 8.07. The molecule has 5 nitrogen and oxygen atoms in total. The van der Waals surface area contributed by atoms with Crippen LogP contribution in [0.5, 0.6) is 0 Å². The summed E-state index contributed by atoms with van der Waals surface area (Å²) in [7, 11) is 0. The Labute approximate surface area is 141 Å². The van der Waals surface area contributed by atoms with Crippen molar-refractivity contribution in [3.05, 3.63) is 65.2 Å². The van der Waals surface area contributed by atoms with Crippen LogP contribution in [-0.4, -0.2) is 24.6 Å². The van der Waals surface area contributed by atoms with Crippen LogP contribution >= 0.6 is 0 Å². The van der Waals surface area contributed by atoms with Crippen molar-refractivity contribution in [3.63, 3.8) is 0 Å². The van der Waals surface area contributed by atoms with E-state index in [1.165, 1.54) is 11.1 Å². The Morgan fingerprint density at radius 1 is 1.08 bits per heavy atom. The summed E-state index contributed by atoms with van der Waals surface area (Å²) < 4.78 is 4.96. The van der Waals surface area contributed by atoms with Gasteiger partial charge in [-0.25, -0.2) is 9.59 Å². The third-order valence-electron chi connectivity index (χ3n) is 4.02. The number of rotatable bonds is 4. The van der Waals surface area contributed by atoms with Gasteiger partial charge in [-0.2, -0.15) is 0 Å². The standard InChI is InChI=1S/C19H20N2O3/c1-2-24-18(22)15-8-5-9-16(12-15)20-19(23)21-17-10-13-6-3-4-7-14(13)11-17/h3-9,12,17H,2,10-11H2,1H3,(H2,20,21,23). The van der Waals surface area contributed by atoms with Crippen LogP contribution < -0.4 is 10.6 Å². The molecule has 0 atom stereocenters. The van der Waals surface area contributed by atoms with Crippen LogP contribution in [0.15, 0.2) is 48.5 Å². The van der Waals surface area contributed by atoms with Crippen molar-refractivity contribution < 1.29 is 14.3 Å². The predicted octanol–water partition coefficient (Wildman–Crippen LogP) is 3.15. The average Bonchev–Trinajstić information content (AvgIpc) is 2.97. The Kier molecular flexibility index (Phi) is 4.79. The zero-order valence-corrected chi connectivity index (χ0v) is 13.5. The van der Waals surface area contributed by atoms with Gasteiger partial charge in [-0.1, -0.05) is 30.3 Å². The van der Waals surface area contributed by atoms with E-state index in [0.717, 1.165) is 12.8 Å². The number of fused-ring (bicyclic) bond motifs is 1. The summed E-state index contributed by atoms with van der Waals surface area (Å²) in [5, 5.41) is 5.76. The number of amides is 2. The number of urea groups is 1. The molecule has 2 aromatic rings. The number of hydrogen-bond donors (Lipinski definition) is 2. The van der Waals surface area contributed by atoms with Gasteiger partial charge >= 0.3 is 12.0 Å². The number of benzene rings is 2. The summed E-state index contributed by atoms with van der Waals surface area (Å²) in [6.45, 7) is 2.08. The SMILES string of the molecule is CCOC(=O)c1cccc(NC(=O)NC2Cc3ccccc3C2)c1. The quantitative estimate of drug-likeness (QED) is 0.849. The predicted molar refractivity (Wildman–Crippen MR) is 92.2 cm³/mol. The van der Waals surface area contributed by atoms with E-state index in [9.17, 15) is 9.59 Å². The minimum Gasteiger partial charge on any atom is -0.462 e. The van der Waals surface area contributed by atoms with E-state index in [1.807, 2.05) is 12.1 Å². The number of nitrogens with one attached hydrogen (secondary N) is 2. The molecular formula is C19H20N2O3. The Morgan fingerprint density at radius 3 is 2.46 bits per heavy atom. The first-order valence-corrected chi connectivity index (χ1v) is 8.07. The highest BCUT2D eigenvalue weighted by Gasteiger charge is 2.22. The third kappa shape index (κ3) is 3.74. The average molecular weight is 324 g/mol. The maximum atomic E-state index is 12.2. The fourth-order valence-corrected chi connectivity index (χ4v) is 2.95. The zero-order valence-electron chi connectivity index (χ0n) is 13.5. The van der Waals surface area contributed by atoms with Crippen molar-refractivity contribution in [2.75, 3.05) is 11.9 Å². The van der Waals surface area contributed by atoms with Gasteiger partial charge in [-0.05, 0) is 49.1 Å². The van der Waals surface area contributed by atoms with E-state index in [2.05, 4.69) is 22.8 Å². The fourth-order valence-electron chi connectivity index (χ4n) is 2.95. The maximum absolute atomic E-state index is 12.2. The fraction of sp³-hybridized carbons (Fsp3) is 0.263. The molecule has 0 aromatic heterocycles. The van der Waals surface area contributed by atoms with Gasteiger partial charge in [0.15, 0.2) is 0 Å². The van der Waals surface area contributed by atoms with Gasteiger partial charge in [0.25, 0.3) is 0 Å². The third-order valence-corrected chi connectivity index (χ3v) is 4.02. The molecule has 0 aliphatic heterocycles. The molecule has 124 valence electrons. The van der Waals surface area contributed by atoms with Crippen molar-refractivity contribution in [2.24, 2.45) is 0 Å². The number of hydrogen-bond acceptors (Lipinski definition) is 3. The minimum atomic E-state index is -0.396. The number of ether oxygens (including phenoxy) is 1. The lowest BCUT2D eigenvalue weighted by Gasteiger charge is -2.13. The van der Waals surface area contributed by atoms with Crippen LogP contribution in [-0.2, 0) is 17.6 Å². The van der Waals surface area contributed by atoms with Gasteiger partial charge in [0, 0.05) is 11.7 Å². The smallest absolute Gasteiger partial charge is 0.338 e. The van der Waals surface area contributed by atoms with E-state index in [4.69, 9.17) is 4.74 Å². The van der Waals surface area contributed by atoms with Crippen LogP contribution in [0.1, 0.15) is 28.4 Å².